The van der Waals surface area contributed by atoms with Crippen LogP contribution >= 0.6 is 31.9 Å². The molecular weight excluding hydrogens is 372 g/mol. The Kier molecular flexibility index (Phi) is 7.04. The van der Waals surface area contributed by atoms with Gasteiger partial charge in [0.15, 0.2) is 0 Å². The fourth-order valence-corrected chi connectivity index (χ4v) is 3.20. The number of carbonyl (C=O) groups is 1. The highest BCUT2D eigenvalue weighted by atomic mass is 79.9. The number of hydrogen-bond acceptors (Lipinski definition) is 2. The Hall–Kier alpha value is -0.390. The van der Waals surface area contributed by atoms with Crippen molar-refractivity contribution in [2.75, 3.05) is 11.9 Å². The number of para-hydroxylation sites is 1. The normalized spacial score (nSPS) is 12.5. The van der Waals surface area contributed by atoms with Crippen LogP contribution in [-0.2, 0) is 4.79 Å². The summed E-state index contributed by atoms with van der Waals surface area (Å²) in [5, 5.41) is 2.93. The van der Waals surface area contributed by atoms with E-state index in [1.165, 1.54) is 0 Å². The monoisotopic (exact) mass is 390 g/mol. The van der Waals surface area contributed by atoms with Crippen LogP contribution in [0.15, 0.2) is 27.1 Å². The lowest BCUT2D eigenvalue weighted by molar-refractivity contribution is -0.117. The molecule has 0 saturated heterocycles. The van der Waals surface area contributed by atoms with Gasteiger partial charge in [0.05, 0.1) is 5.69 Å². The lowest BCUT2D eigenvalue weighted by Gasteiger charge is -2.17. The topological polar surface area (TPSA) is 55.1 Å². The summed E-state index contributed by atoms with van der Waals surface area (Å²) < 4.78 is 1.73. The number of nitrogens with two attached hydrogens (primary N) is 1. The molecule has 3 nitrogen and oxygen atoms in total. The van der Waals surface area contributed by atoms with E-state index >= 15 is 0 Å². The largest absolute Gasteiger partial charge is 0.330 e. The van der Waals surface area contributed by atoms with Crippen molar-refractivity contribution in [2.24, 2.45) is 17.6 Å². The molecular formula is C14H20Br2N2O. The molecule has 1 aromatic carbocycles. The molecule has 1 aromatic rings. The van der Waals surface area contributed by atoms with Gasteiger partial charge in [-0.15, -0.1) is 0 Å². The average Bonchev–Trinajstić information content (AvgIpc) is 2.32. The lowest BCUT2D eigenvalue weighted by Crippen LogP contribution is -2.23. The third-order valence-corrected chi connectivity index (χ3v) is 4.16. The smallest absolute Gasteiger partial charge is 0.224 e. The van der Waals surface area contributed by atoms with Crippen LogP contribution in [-0.4, -0.2) is 12.5 Å². The standard InChI is InChI=1S/C14H20Br2N2O/c1-9(2)6-10(8-17)7-13(19)18-14-11(15)4-3-5-12(14)16/h3-5,9-10H,6-8,17H2,1-2H3,(H,18,19)/t10-/m0/s1. The number of benzene rings is 1. The molecule has 5 heteroatoms. The highest BCUT2D eigenvalue weighted by Gasteiger charge is 2.15. The molecule has 0 aromatic heterocycles. The Morgan fingerprint density at radius 1 is 1.32 bits per heavy atom. The van der Waals surface area contributed by atoms with Gasteiger partial charge in [-0.05, 0) is 68.8 Å². The van der Waals surface area contributed by atoms with Gasteiger partial charge in [0.25, 0.3) is 0 Å². The van der Waals surface area contributed by atoms with Crippen LogP contribution < -0.4 is 11.1 Å². The first-order chi connectivity index (χ1) is 8.93. The summed E-state index contributed by atoms with van der Waals surface area (Å²) >= 11 is 6.86. The van der Waals surface area contributed by atoms with Crippen molar-refractivity contribution in [1.82, 2.24) is 0 Å². The van der Waals surface area contributed by atoms with E-state index in [-0.39, 0.29) is 11.8 Å². The molecule has 0 heterocycles. The Labute approximate surface area is 131 Å². The van der Waals surface area contributed by atoms with Crippen molar-refractivity contribution in [3.8, 4) is 0 Å². The fourth-order valence-electron chi connectivity index (χ4n) is 2.00. The first-order valence-corrected chi connectivity index (χ1v) is 7.96. The molecule has 1 amide bonds. The molecule has 0 saturated carbocycles. The van der Waals surface area contributed by atoms with E-state index in [0.717, 1.165) is 21.1 Å². The highest BCUT2D eigenvalue weighted by Crippen LogP contribution is 2.30. The maximum absolute atomic E-state index is 12.1. The second-order valence-electron chi connectivity index (χ2n) is 5.08. The van der Waals surface area contributed by atoms with E-state index in [2.05, 4.69) is 51.0 Å². The average molecular weight is 392 g/mol. The molecule has 0 fully saturated rings. The molecule has 0 radical (unpaired) electrons. The van der Waals surface area contributed by atoms with E-state index in [1.54, 1.807) is 0 Å². The van der Waals surface area contributed by atoms with E-state index < -0.39 is 0 Å². The molecule has 3 N–H and O–H groups in total. The third kappa shape index (κ3) is 5.63. The molecule has 0 aliphatic rings. The summed E-state index contributed by atoms with van der Waals surface area (Å²) in [6, 6.07) is 5.70. The van der Waals surface area contributed by atoms with Crippen LogP contribution in [0.4, 0.5) is 5.69 Å². The van der Waals surface area contributed by atoms with E-state index in [4.69, 9.17) is 5.73 Å². The van der Waals surface area contributed by atoms with Gasteiger partial charge in [0, 0.05) is 15.4 Å². The summed E-state index contributed by atoms with van der Waals surface area (Å²) in [6.07, 6.45) is 1.43. The second-order valence-corrected chi connectivity index (χ2v) is 6.79. The summed E-state index contributed by atoms with van der Waals surface area (Å²) in [6.45, 7) is 4.83. The van der Waals surface area contributed by atoms with Gasteiger partial charge in [-0.1, -0.05) is 19.9 Å². The van der Waals surface area contributed by atoms with Gasteiger partial charge >= 0.3 is 0 Å². The minimum absolute atomic E-state index is 0.00343. The van der Waals surface area contributed by atoms with E-state index in [9.17, 15) is 4.79 Å². The minimum Gasteiger partial charge on any atom is -0.330 e. The number of carbonyl (C=O) groups excluding carboxylic acids is 1. The molecule has 1 atom stereocenters. The quantitative estimate of drug-likeness (QED) is 0.764. The number of amides is 1. The van der Waals surface area contributed by atoms with Crippen LogP contribution in [0, 0.1) is 11.8 Å². The predicted octanol–water partition coefficient (Wildman–Crippen LogP) is 4.16. The van der Waals surface area contributed by atoms with Crippen LogP contribution in [0.25, 0.3) is 0 Å². The zero-order valence-corrected chi connectivity index (χ0v) is 14.4. The first-order valence-electron chi connectivity index (χ1n) is 6.38. The van der Waals surface area contributed by atoms with Crippen molar-refractivity contribution in [3.63, 3.8) is 0 Å². The van der Waals surface area contributed by atoms with E-state index in [1.807, 2.05) is 18.2 Å². The van der Waals surface area contributed by atoms with Crippen LogP contribution in [0.5, 0.6) is 0 Å². The second kappa shape index (κ2) is 8.02. The molecule has 0 unspecified atom stereocenters. The van der Waals surface area contributed by atoms with Crippen molar-refractivity contribution in [1.29, 1.82) is 0 Å². The molecule has 0 aliphatic carbocycles. The number of hydrogen-bond donors (Lipinski definition) is 2. The number of nitrogens with one attached hydrogen (secondary N) is 1. The summed E-state index contributed by atoms with van der Waals surface area (Å²) in [7, 11) is 0. The lowest BCUT2D eigenvalue weighted by atomic mass is 9.94. The Morgan fingerprint density at radius 3 is 2.37 bits per heavy atom. The van der Waals surface area contributed by atoms with E-state index in [0.29, 0.717) is 18.9 Å². The summed E-state index contributed by atoms with van der Waals surface area (Å²) in [4.78, 5) is 12.1. The summed E-state index contributed by atoms with van der Waals surface area (Å²) in [5.74, 6) is 0.793. The molecule has 0 spiro atoms. The maximum Gasteiger partial charge on any atom is 0.224 e. The Bertz CT molecular complexity index is 415. The van der Waals surface area contributed by atoms with Crippen LogP contribution in [0.1, 0.15) is 26.7 Å². The third-order valence-electron chi connectivity index (χ3n) is 2.84. The fraction of sp³-hybridized carbons (Fsp3) is 0.500. The molecule has 1 rings (SSSR count). The van der Waals surface area contributed by atoms with Gasteiger partial charge < -0.3 is 11.1 Å². The zero-order valence-electron chi connectivity index (χ0n) is 11.2. The van der Waals surface area contributed by atoms with Crippen molar-refractivity contribution >= 4 is 43.5 Å². The van der Waals surface area contributed by atoms with Crippen molar-refractivity contribution in [3.05, 3.63) is 27.1 Å². The number of anilines is 1. The van der Waals surface area contributed by atoms with Crippen LogP contribution in [0.3, 0.4) is 0 Å². The Morgan fingerprint density at radius 2 is 1.89 bits per heavy atom. The van der Waals surface area contributed by atoms with Gasteiger partial charge in [0.2, 0.25) is 5.91 Å². The van der Waals surface area contributed by atoms with Crippen molar-refractivity contribution < 1.29 is 4.79 Å². The molecule has 106 valence electrons. The Balaban J connectivity index is 2.64. The SMILES string of the molecule is CC(C)C[C@H](CN)CC(=O)Nc1c(Br)cccc1Br. The molecule has 19 heavy (non-hydrogen) atoms. The van der Waals surface area contributed by atoms with Crippen molar-refractivity contribution in [2.45, 2.75) is 26.7 Å². The number of halogens is 2. The molecule has 0 aliphatic heterocycles. The maximum atomic E-state index is 12.1. The highest BCUT2D eigenvalue weighted by molar-refractivity contribution is 9.11. The predicted molar refractivity (Wildman–Crippen MR) is 87.1 cm³/mol. The molecule has 0 bridgehead atoms. The van der Waals surface area contributed by atoms with Gasteiger partial charge in [-0.25, -0.2) is 0 Å². The first kappa shape index (κ1) is 16.7. The number of rotatable bonds is 6. The van der Waals surface area contributed by atoms with Gasteiger partial charge in [-0.2, -0.15) is 0 Å². The van der Waals surface area contributed by atoms with Gasteiger partial charge in [0.1, 0.15) is 0 Å². The zero-order chi connectivity index (χ0) is 14.4. The summed E-state index contributed by atoms with van der Waals surface area (Å²) in [5.41, 5.74) is 6.50. The van der Waals surface area contributed by atoms with Gasteiger partial charge in [-0.3, -0.25) is 4.79 Å². The van der Waals surface area contributed by atoms with Crippen LogP contribution in [0.2, 0.25) is 0 Å². The minimum atomic E-state index is 0.00343.